The first kappa shape index (κ1) is 8.98. The Balaban J connectivity index is 2.82. The van der Waals surface area contributed by atoms with Gasteiger partial charge in [-0.05, 0) is 12.1 Å². The Morgan fingerprint density at radius 2 is 2.42 bits per heavy atom. The molecule has 1 aromatic rings. The zero-order valence-corrected chi connectivity index (χ0v) is 7.12. The molecule has 1 heterocycles. The summed E-state index contributed by atoms with van der Waals surface area (Å²) in [4.78, 5) is 3.98. The Morgan fingerprint density at radius 1 is 1.67 bits per heavy atom. The molecular formula is C8H8ClN3. The zero-order chi connectivity index (χ0) is 8.97. The maximum Gasteiger partial charge on any atom is 0.129 e. The summed E-state index contributed by atoms with van der Waals surface area (Å²) in [6, 6.07) is 6.83. The molecule has 1 atom stereocenters. The highest BCUT2D eigenvalue weighted by Crippen LogP contribution is 2.13. The van der Waals surface area contributed by atoms with Crippen molar-refractivity contribution in [3.8, 4) is 6.07 Å². The third-order valence-corrected chi connectivity index (χ3v) is 1.64. The van der Waals surface area contributed by atoms with Crippen molar-refractivity contribution in [2.75, 3.05) is 0 Å². The van der Waals surface area contributed by atoms with Gasteiger partial charge in [0.25, 0.3) is 0 Å². The number of hydrogen-bond donors (Lipinski definition) is 1. The van der Waals surface area contributed by atoms with Gasteiger partial charge in [0.05, 0.1) is 24.2 Å². The standard InChI is InChI=1S/C8H8ClN3/c9-8-3-1-2-7(12-8)6(11)4-5-10/h1-3,6H,4,11H2/t6-/m1/s1. The van der Waals surface area contributed by atoms with Gasteiger partial charge in [-0.15, -0.1) is 0 Å². The van der Waals surface area contributed by atoms with E-state index in [2.05, 4.69) is 4.98 Å². The lowest BCUT2D eigenvalue weighted by atomic mass is 10.1. The van der Waals surface area contributed by atoms with Gasteiger partial charge >= 0.3 is 0 Å². The van der Waals surface area contributed by atoms with Gasteiger partial charge < -0.3 is 5.73 Å². The largest absolute Gasteiger partial charge is 0.322 e. The van der Waals surface area contributed by atoms with Crippen molar-refractivity contribution in [3.63, 3.8) is 0 Å². The summed E-state index contributed by atoms with van der Waals surface area (Å²) in [7, 11) is 0. The van der Waals surface area contributed by atoms with Crippen LogP contribution in [0.4, 0.5) is 0 Å². The first-order valence-electron chi connectivity index (χ1n) is 3.49. The van der Waals surface area contributed by atoms with Crippen LogP contribution in [0.15, 0.2) is 18.2 Å². The Morgan fingerprint density at radius 3 is 3.00 bits per heavy atom. The van der Waals surface area contributed by atoms with Gasteiger partial charge in [0.1, 0.15) is 5.15 Å². The molecule has 0 unspecified atom stereocenters. The van der Waals surface area contributed by atoms with Crippen LogP contribution in [0.1, 0.15) is 18.2 Å². The molecule has 1 rings (SSSR count). The lowest BCUT2D eigenvalue weighted by molar-refractivity contribution is 0.720. The molecule has 0 bridgehead atoms. The predicted molar refractivity (Wildman–Crippen MR) is 46.4 cm³/mol. The fourth-order valence-electron chi connectivity index (χ4n) is 0.833. The number of nitriles is 1. The SMILES string of the molecule is N#CC[C@@H](N)c1cccc(Cl)n1. The summed E-state index contributed by atoms with van der Waals surface area (Å²) >= 11 is 5.64. The molecule has 0 fully saturated rings. The first-order valence-corrected chi connectivity index (χ1v) is 3.87. The third kappa shape index (κ3) is 2.19. The van der Waals surface area contributed by atoms with Gasteiger partial charge in [-0.1, -0.05) is 17.7 Å². The molecule has 2 N–H and O–H groups in total. The minimum Gasteiger partial charge on any atom is -0.322 e. The smallest absolute Gasteiger partial charge is 0.129 e. The number of halogens is 1. The van der Waals surface area contributed by atoms with Crippen LogP contribution in [-0.2, 0) is 0 Å². The molecule has 0 spiro atoms. The van der Waals surface area contributed by atoms with E-state index < -0.39 is 0 Å². The van der Waals surface area contributed by atoms with Crippen molar-refractivity contribution in [1.29, 1.82) is 5.26 Å². The molecule has 0 radical (unpaired) electrons. The Labute approximate surface area is 75.8 Å². The fraction of sp³-hybridized carbons (Fsp3) is 0.250. The van der Waals surface area contributed by atoms with Gasteiger partial charge in [0, 0.05) is 0 Å². The summed E-state index contributed by atoms with van der Waals surface area (Å²) in [5.74, 6) is 0. The van der Waals surface area contributed by atoms with E-state index in [1.807, 2.05) is 6.07 Å². The Bertz CT molecular complexity index is 305. The average molecular weight is 182 g/mol. The number of nitrogens with two attached hydrogens (primary N) is 1. The summed E-state index contributed by atoms with van der Waals surface area (Å²) < 4.78 is 0. The van der Waals surface area contributed by atoms with Crippen LogP contribution in [0.3, 0.4) is 0 Å². The minimum absolute atomic E-state index is 0.257. The second-order valence-electron chi connectivity index (χ2n) is 2.35. The average Bonchev–Trinajstić information content (AvgIpc) is 2.05. The molecule has 12 heavy (non-hydrogen) atoms. The van der Waals surface area contributed by atoms with Crippen molar-refractivity contribution in [1.82, 2.24) is 4.98 Å². The molecule has 0 aliphatic rings. The number of pyridine rings is 1. The number of aromatic nitrogens is 1. The minimum atomic E-state index is -0.339. The maximum absolute atomic E-state index is 8.38. The van der Waals surface area contributed by atoms with E-state index in [0.717, 1.165) is 0 Å². The van der Waals surface area contributed by atoms with Gasteiger partial charge in [-0.3, -0.25) is 0 Å². The van der Waals surface area contributed by atoms with Crippen molar-refractivity contribution in [2.45, 2.75) is 12.5 Å². The van der Waals surface area contributed by atoms with Crippen LogP contribution in [-0.4, -0.2) is 4.98 Å². The number of nitrogens with zero attached hydrogens (tertiary/aromatic N) is 2. The van der Waals surface area contributed by atoms with Crippen molar-refractivity contribution >= 4 is 11.6 Å². The van der Waals surface area contributed by atoms with Crippen LogP contribution < -0.4 is 5.73 Å². The van der Waals surface area contributed by atoms with Crippen molar-refractivity contribution in [3.05, 3.63) is 29.0 Å². The normalized spacial score (nSPS) is 12.1. The maximum atomic E-state index is 8.38. The second kappa shape index (κ2) is 4.05. The molecule has 3 nitrogen and oxygen atoms in total. The first-order chi connectivity index (χ1) is 5.74. The van der Waals surface area contributed by atoms with Gasteiger partial charge in [-0.25, -0.2) is 4.98 Å². The molecule has 0 saturated heterocycles. The zero-order valence-electron chi connectivity index (χ0n) is 6.37. The highest BCUT2D eigenvalue weighted by molar-refractivity contribution is 6.29. The van der Waals surface area contributed by atoms with Crippen molar-refractivity contribution < 1.29 is 0 Å². The lowest BCUT2D eigenvalue weighted by Crippen LogP contribution is -2.10. The highest BCUT2D eigenvalue weighted by Gasteiger charge is 2.06. The summed E-state index contributed by atoms with van der Waals surface area (Å²) in [6.45, 7) is 0. The molecule has 0 amide bonds. The molecule has 1 aromatic heterocycles. The molecule has 0 aliphatic carbocycles. The van der Waals surface area contributed by atoms with E-state index in [9.17, 15) is 0 Å². The summed E-state index contributed by atoms with van der Waals surface area (Å²) in [5.41, 5.74) is 6.29. The van der Waals surface area contributed by atoms with Crippen molar-refractivity contribution in [2.24, 2.45) is 5.73 Å². The monoisotopic (exact) mass is 181 g/mol. The van der Waals surface area contributed by atoms with Crippen LogP contribution in [0.5, 0.6) is 0 Å². The summed E-state index contributed by atoms with van der Waals surface area (Å²) in [5, 5.41) is 8.78. The van der Waals surface area contributed by atoms with Gasteiger partial charge in [0.15, 0.2) is 0 Å². The van der Waals surface area contributed by atoms with Crippen LogP contribution >= 0.6 is 11.6 Å². The molecule has 0 aliphatic heterocycles. The van der Waals surface area contributed by atoms with Gasteiger partial charge in [0.2, 0.25) is 0 Å². The molecule has 62 valence electrons. The Kier molecular flexibility index (Phi) is 3.03. The van der Waals surface area contributed by atoms with Crippen LogP contribution in [0, 0.1) is 11.3 Å². The topological polar surface area (TPSA) is 62.7 Å². The third-order valence-electron chi connectivity index (χ3n) is 1.43. The highest BCUT2D eigenvalue weighted by atomic mass is 35.5. The number of hydrogen-bond acceptors (Lipinski definition) is 3. The van der Waals surface area contributed by atoms with E-state index in [1.165, 1.54) is 0 Å². The van der Waals surface area contributed by atoms with E-state index in [1.54, 1.807) is 18.2 Å². The van der Waals surface area contributed by atoms with E-state index in [4.69, 9.17) is 22.6 Å². The Hall–Kier alpha value is -1.11. The van der Waals surface area contributed by atoms with Gasteiger partial charge in [-0.2, -0.15) is 5.26 Å². The summed E-state index contributed by atoms with van der Waals surface area (Å²) in [6.07, 6.45) is 0.257. The van der Waals surface area contributed by atoms with E-state index in [0.29, 0.717) is 10.8 Å². The van der Waals surface area contributed by atoms with Crippen LogP contribution in [0.25, 0.3) is 0 Å². The molecule has 0 aromatic carbocycles. The fourth-order valence-corrected chi connectivity index (χ4v) is 1.00. The predicted octanol–water partition coefficient (Wildman–Crippen LogP) is 1.65. The molecular weight excluding hydrogens is 174 g/mol. The van der Waals surface area contributed by atoms with E-state index >= 15 is 0 Å². The van der Waals surface area contributed by atoms with E-state index in [-0.39, 0.29) is 12.5 Å². The quantitative estimate of drug-likeness (QED) is 0.706. The molecule has 4 heteroatoms. The lowest BCUT2D eigenvalue weighted by Gasteiger charge is -2.05. The van der Waals surface area contributed by atoms with Crippen LogP contribution in [0.2, 0.25) is 5.15 Å². The number of rotatable bonds is 2. The molecule has 0 saturated carbocycles. The second-order valence-corrected chi connectivity index (χ2v) is 2.74.